The normalized spacial score (nSPS) is 19.4. The van der Waals surface area contributed by atoms with Gasteiger partial charge in [0.2, 0.25) is 5.89 Å². The van der Waals surface area contributed by atoms with Crippen LogP contribution in [0.3, 0.4) is 0 Å². The third-order valence-electron chi connectivity index (χ3n) is 3.90. The van der Waals surface area contributed by atoms with Crippen LogP contribution in [-0.2, 0) is 6.54 Å². The van der Waals surface area contributed by atoms with Crippen molar-refractivity contribution in [1.29, 1.82) is 0 Å². The van der Waals surface area contributed by atoms with Crippen LogP contribution in [0, 0.1) is 11.3 Å². The molecule has 5 nitrogen and oxygen atoms in total. The molecule has 0 amide bonds. The minimum Gasteiger partial charge on any atom is -0.407 e. The topological polar surface area (TPSA) is 54.2 Å². The fourth-order valence-electron chi connectivity index (χ4n) is 2.53. The quantitative estimate of drug-likeness (QED) is 0.899. The Labute approximate surface area is 122 Å². The van der Waals surface area contributed by atoms with Crippen LogP contribution >= 0.6 is 0 Å². The largest absolute Gasteiger partial charge is 0.407 e. The highest BCUT2D eigenvalue weighted by Gasteiger charge is 2.25. The first-order chi connectivity index (χ1) is 9.46. The van der Waals surface area contributed by atoms with Gasteiger partial charge in [-0.3, -0.25) is 0 Å². The molecule has 1 saturated heterocycles. The van der Waals surface area contributed by atoms with E-state index in [9.17, 15) is 0 Å². The molecule has 5 heteroatoms. The molecule has 1 aromatic rings. The van der Waals surface area contributed by atoms with Crippen LogP contribution in [0.25, 0.3) is 0 Å². The van der Waals surface area contributed by atoms with Crippen molar-refractivity contribution < 1.29 is 4.42 Å². The van der Waals surface area contributed by atoms with Gasteiger partial charge in [0.25, 0.3) is 0 Å². The summed E-state index contributed by atoms with van der Waals surface area (Å²) >= 11 is 0. The van der Waals surface area contributed by atoms with Crippen LogP contribution < -0.4 is 10.2 Å². The zero-order chi connectivity index (χ0) is 14.6. The van der Waals surface area contributed by atoms with E-state index in [1.165, 1.54) is 19.3 Å². The second-order valence-corrected chi connectivity index (χ2v) is 7.01. The maximum atomic E-state index is 5.77. The third-order valence-corrected chi connectivity index (χ3v) is 3.90. The third kappa shape index (κ3) is 4.47. The predicted molar refractivity (Wildman–Crippen MR) is 80.7 cm³/mol. The van der Waals surface area contributed by atoms with Gasteiger partial charge in [-0.05, 0) is 37.1 Å². The molecule has 2 heterocycles. The van der Waals surface area contributed by atoms with Crippen LogP contribution in [0.2, 0.25) is 0 Å². The summed E-state index contributed by atoms with van der Waals surface area (Å²) in [5.74, 6) is 1.31. The average molecular weight is 280 g/mol. The molecular formula is C15H28N4O. The Morgan fingerprint density at radius 1 is 1.25 bits per heavy atom. The minimum atomic E-state index is 0.427. The van der Waals surface area contributed by atoms with Crippen LogP contribution in [0.5, 0.6) is 0 Å². The number of nitrogens with one attached hydrogen (secondary N) is 1. The lowest BCUT2D eigenvalue weighted by atomic mass is 9.85. The molecule has 1 fully saturated rings. The maximum Gasteiger partial charge on any atom is 0.318 e. The molecule has 0 aromatic carbocycles. The molecule has 1 aliphatic rings. The molecule has 0 bridgehead atoms. The highest BCUT2D eigenvalue weighted by atomic mass is 16.4. The van der Waals surface area contributed by atoms with Crippen molar-refractivity contribution >= 4 is 6.01 Å². The van der Waals surface area contributed by atoms with Crippen molar-refractivity contribution in [3.05, 3.63) is 5.89 Å². The maximum absolute atomic E-state index is 5.77. The van der Waals surface area contributed by atoms with Crippen molar-refractivity contribution in [3.8, 4) is 0 Å². The Morgan fingerprint density at radius 2 is 2.05 bits per heavy atom. The Kier molecular flexibility index (Phi) is 5.02. The Morgan fingerprint density at radius 3 is 2.80 bits per heavy atom. The van der Waals surface area contributed by atoms with Crippen LogP contribution in [-0.4, -0.2) is 29.8 Å². The molecule has 0 radical (unpaired) electrons. The lowest BCUT2D eigenvalue weighted by molar-refractivity contribution is 0.324. The molecule has 1 aliphatic heterocycles. The van der Waals surface area contributed by atoms with Gasteiger partial charge in [0, 0.05) is 13.1 Å². The number of anilines is 1. The van der Waals surface area contributed by atoms with Gasteiger partial charge in [0.1, 0.15) is 0 Å². The van der Waals surface area contributed by atoms with Gasteiger partial charge in [-0.1, -0.05) is 32.8 Å². The molecule has 20 heavy (non-hydrogen) atoms. The number of aromatic nitrogens is 2. The first-order valence-electron chi connectivity index (χ1n) is 7.74. The molecule has 0 unspecified atom stereocenters. The Bertz CT molecular complexity index is 414. The molecule has 1 N–H and O–H groups in total. The van der Waals surface area contributed by atoms with Crippen LogP contribution in [0.4, 0.5) is 6.01 Å². The van der Waals surface area contributed by atoms with Crippen molar-refractivity contribution in [2.24, 2.45) is 11.3 Å². The standard InChI is InChI=1S/C15H28N4O/c1-12(2)10-16-11-13-17-18-14(20-13)19-8-5-6-15(3,4)7-9-19/h12,16H,5-11H2,1-4H3. The summed E-state index contributed by atoms with van der Waals surface area (Å²) in [5.41, 5.74) is 0.427. The van der Waals surface area contributed by atoms with Gasteiger partial charge in [-0.25, -0.2) is 0 Å². The van der Waals surface area contributed by atoms with E-state index >= 15 is 0 Å². The van der Waals surface area contributed by atoms with Crippen molar-refractivity contribution in [2.45, 2.75) is 53.5 Å². The summed E-state index contributed by atoms with van der Waals surface area (Å²) in [4.78, 5) is 2.23. The van der Waals surface area contributed by atoms with Crippen molar-refractivity contribution in [1.82, 2.24) is 15.5 Å². The van der Waals surface area contributed by atoms with E-state index in [1.54, 1.807) is 0 Å². The molecule has 2 rings (SSSR count). The van der Waals surface area contributed by atoms with Gasteiger partial charge in [-0.2, -0.15) is 0 Å². The van der Waals surface area contributed by atoms with Gasteiger partial charge in [0.15, 0.2) is 0 Å². The van der Waals surface area contributed by atoms with Crippen LogP contribution in [0.1, 0.15) is 52.8 Å². The number of rotatable bonds is 5. The smallest absolute Gasteiger partial charge is 0.318 e. The molecule has 0 saturated carbocycles. The van der Waals surface area contributed by atoms with Crippen molar-refractivity contribution in [3.63, 3.8) is 0 Å². The number of hydrogen-bond acceptors (Lipinski definition) is 5. The summed E-state index contributed by atoms with van der Waals surface area (Å²) in [6, 6.07) is 0.684. The van der Waals surface area contributed by atoms with E-state index in [1.807, 2.05) is 0 Å². The van der Waals surface area contributed by atoms with E-state index in [2.05, 4.69) is 48.1 Å². The minimum absolute atomic E-state index is 0.427. The molecule has 0 spiro atoms. The summed E-state index contributed by atoms with van der Waals surface area (Å²) in [6.07, 6.45) is 3.63. The summed E-state index contributed by atoms with van der Waals surface area (Å²) in [6.45, 7) is 12.7. The second kappa shape index (κ2) is 6.57. The van der Waals surface area contributed by atoms with E-state index in [4.69, 9.17) is 4.42 Å². The molecule has 1 aromatic heterocycles. The molecule has 114 valence electrons. The first-order valence-corrected chi connectivity index (χ1v) is 7.74. The van der Waals surface area contributed by atoms with Crippen LogP contribution in [0.15, 0.2) is 4.42 Å². The van der Waals surface area contributed by atoms with Crippen molar-refractivity contribution in [2.75, 3.05) is 24.5 Å². The molecule has 0 aliphatic carbocycles. The zero-order valence-electron chi connectivity index (χ0n) is 13.3. The highest BCUT2D eigenvalue weighted by Crippen LogP contribution is 2.31. The number of nitrogens with zero attached hydrogens (tertiary/aromatic N) is 3. The summed E-state index contributed by atoms with van der Waals surface area (Å²) in [7, 11) is 0. The summed E-state index contributed by atoms with van der Waals surface area (Å²) < 4.78 is 5.77. The predicted octanol–water partition coefficient (Wildman–Crippen LogP) is 2.83. The van der Waals surface area contributed by atoms with E-state index in [0.29, 0.717) is 29.8 Å². The monoisotopic (exact) mass is 280 g/mol. The van der Waals surface area contributed by atoms with Gasteiger partial charge in [-0.15, -0.1) is 5.10 Å². The SMILES string of the molecule is CC(C)CNCc1nnc(N2CCCC(C)(C)CC2)o1. The zero-order valence-corrected chi connectivity index (χ0v) is 13.3. The van der Waals surface area contributed by atoms with E-state index in [0.717, 1.165) is 19.6 Å². The highest BCUT2D eigenvalue weighted by molar-refractivity contribution is 5.24. The Hall–Kier alpha value is -1.10. The fourth-order valence-corrected chi connectivity index (χ4v) is 2.53. The second-order valence-electron chi connectivity index (χ2n) is 7.01. The molecule has 0 atom stereocenters. The van der Waals surface area contributed by atoms with E-state index < -0.39 is 0 Å². The van der Waals surface area contributed by atoms with E-state index in [-0.39, 0.29) is 0 Å². The van der Waals surface area contributed by atoms with Gasteiger partial charge < -0.3 is 14.6 Å². The fraction of sp³-hybridized carbons (Fsp3) is 0.867. The lowest BCUT2D eigenvalue weighted by Gasteiger charge is -2.22. The molecular weight excluding hydrogens is 252 g/mol. The average Bonchev–Trinajstić information content (AvgIpc) is 2.74. The Balaban J connectivity index is 1.88. The van der Waals surface area contributed by atoms with Gasteiger partial charge >= 0.3 is 6.01 Å². The number of hydrogen-bond donors (Lipinski definition) is 1. The van der Waals surface area contributed by atoms with Gasteiger partial charge in [0.05, 0.1) is 6.54 Å². The lowest BCUT2D eigenvalue weighted by Crippen LogP contribution is -2.25. The summed E-state index contributed by atoms with van der Waals surface area (Å²) in [5, 5.41) is 11.7. The first kappa shape index (κ1) is 15.3.